The molecular formula is C29H49N7O. The summed E-state index contributed by atoms with van der Waals surface area (Å²) in [5, 5.41) is 3.59. The van der Waals surface area contributed by atoms with Crippen LogP contribution < -0.4 is 10.2 Å². The van der Waals surface area contributed by atoms with Crippen molar-refractivity contribution in [3.05, 3.63) is 12.1 Å². The van der Waals surface area contributed by atoms with Crippen molar-refractivity contribution in [2.45, 2.75) is 91.0 Å². The zero-order chi connectivity index (χ0) is 25.9. The number of amides is 1. The van der Waals surface area contributed by atoms with Crippen molar-refractivity contribution in [3.8, 4) is 0 Å². The first kappa shape index (κ1) is 27.7. The normalized spacial score (nSPS) is 16.7. The molecule has 206 valence electrons. The molecule has 2 aliphatic rings. The van der Waals surface area contributed by atoms with Crippen LogP contribution in [0.15, 0.2) is 12.1 Å². The van der Waals surface area contributed by atoms with Gasteiger partial charge in [-0.3, -0.25) is 9.36 Å². The summed E-state index contributed by atoms with van der Waals surface area (Å²) >= 11 is 0. The molecule has 4 rings (SSSR count). The molecule has 0 aromatic carbocycles. The number of aryl methyl sites for hydroxylation is 1. The highest BCUT2D eigenvalue weighted by Crippen LogP contribution is 2.24. The van der Waals surface area contributed by atoms with Gasteiger partial charge in [-0.2, -0.15) is 0 Å². The van der Waals surface area contributed by atoms with E-state index in [-0.39, 0.29) is 0 Å². The van der Waals surface area contributed by atoms with Crippen LogP contribution >= 0.6 is 0 Å². The van der Waals surface area contributed by atoms with E-state index in [9.17, 15) is 4.79 Å². The van der Waals surface area contributed by atoms with Crippen LogP contribution in [0.4, 0.5) is 11.8 Å². The first-order chi connectivity index (χ1) is 18.2. The molecule has 0 unspecified atom stereocenters. The van der Waals surface area contributed by atoms with Gasteiger partial charge in [-0.25, -0.2) is 9.97 Å². The van der Waals surface area contributed by atoms with Crippen LogP contribution in [0.25, 0.3) is 11.2 Å². The molecule has 0 spiro atoms. The third-order valence-electron chi connectivity index (χ3n) is 7.83. The van der Waals surface area contributed by atoms with Gasteiger partial charge in [0, 0.05) is 45.7 Å². The molecule has 2 fully saturated rings. The number of fused-ring (bicyclic) bond motifs is 1. The summed E-state index contributed by atoms with van der Waals surface area (Å²) in [6.07, 6.45) is 12.5. The molecule has 37 heavy (non-hydrogen) atoms. The van der Waals surface area contributed by atoms with E-state index in [0.29, 0.717) is 12.3 Å². The van der Waals surface area contributed by atoms with E-state index in [1.807, 2.05) is 4.90 Å². The third-order valence-corrected chi connectivity index (χ3v) is 7.83. The standard InChI is InChI=1S/C29H49N7O/c1-3-5-20-34(21-6-4-2)26-15-14-25-28(32-26)36(24-12-19-33-17-8-7-9-18-33)29(31-25)30-16-11-23-35-22-10-13-27(35)37/h14-15H,3-13,16-24H2,1-2H3,(H,30,31). The van der Waals surface area contributed by atoms with Gasteiger partial charge < -0.3 is 20.0 Å². The molecule has 8 heteroatoms. The molecule has 0 saturated carbocycles. The Hall–Kier alpha value is -2.35. The molecular weight excluding hydrogens is 462 g/mol. The van der Waals surface area contributed by atoms with Crippen molar-refractivity contribution in [3.63, 3.8) is 0 Å². The minimum absolute atomic E-state index is 0.303. The van der Waals surface area contributed by atoms with Gasteiger partial charge in [0.15, 0.2) is 5.65 Å². The molecule has 8 nitrogen and oxygen atoms in total. The number of anilines is 2. The summed E-state index contributed by atoms with van der Waals surface area (Å²) < 4.78 is 2.31. The number of imidazole rings is 1. The van der Waals surface area contributed by atoms with Crippen LogP contribution in [0.1, 0.15) is 84.5 Å². The number of carbonyl (C=O) groups excluding carboxylic acids is 1. The molecule has 0 atom stereocenters. The Labute approximate surface area is 223 Å². The van der Waals surface area contributed by atoms with Gasteiger partial charge in [-0.15, -0.1) is 0 Å². The zero-order valence-electron chi connectivity index (χ0n) is 23.4. The van der Waals surface area contributed by atoms with Crippen molar-refractivity contribution in [2.24, 2.45) is 0 Å². The molecule has 2 saturated heterocycles. The van der Waals surface area contributed by atoms with Gasteiger partial charge in [-0.05, 0) is 76.7 Å². The maximum absolute atomic E-state index is 12.0. The van der Waals surface area contributed by atoms with Crippen molar-refractivity contribution in [2.75, 3.05) is 62.6 Å². The van der Waals surface area contributed by atoms with Gasteiger partial charge in [0.05, 0.1) is 0 Å². The van der Waals surface area contributed by atoms with E-state index >= 15 is 0 Å². The lowest BCUT2D eigenvalue weighted by atomic mass is 10.1. The van der Waals surface area contributed by atoms with Gasteiger partial charge >= 0.3 is 0 Å². The van der Waals surface area contributed by atoms with E-state index in [1.54, 1.807) is 0 Å². The average molecular weight is 512 g/mol. The lowest BCUT2D eigenvalue weighted by Crippen LogP contribution is -2.31. The predicted molar refractivity (Wildman–Crippen MR) is 153 cm³/mol. The van der Waals surface area contributed by atoms with Crippen LogP contribution in [0.2, 0.25) is 0 Å². The van der Waals surface area contributed by atoms with Gasteiger partial charge in [0.25, 0.3) is 0 Å². The Morgan fingerprint density at radius 2 is 1.65 bits per heavy atom. The number of nitrogens with zero attached hydrogens (tertiary/aromatic N) is 6. The number of pyridine rings is 1. The molecule has 4 heterocycles. The fourth-order valence-corrected chi connectivity index (χ4v) is 5.60. The Balaban J connectivity index is 1.48. The number of carbonyl (C=O) groups is 1. The van der Waals surface area contributed by atoms with Gasteiger partial charge in [-0.1, -0.05) is 33.1 Å². The van der Waals surface area contributed by atoms with Crippen molar-refractivity contribution < 1.29 is 4.79 Å². The Morgan fingerprint density at radius 3 is 2.35 bits per heavy atom. The number of aromatic nitrogens is 3. The monoisotopic (exact) mass is 511 g/mol. The maximum Gasteiger partial charge on any atom is 0.222 e. The highest BCUT2D eigenvalue weighted by Gasteiger charge is 2.20. The topological polar surface area (TPSA) is 69.5 Å². The van der Waals surface area contributed by atoms with Crippen LogP contribution in [-0.4, -0.2) is 82.6 Å². The number of nitrogens with one attached hydrogen (secondary N) is 1. The fraction of sp³-hybridized carbons (Fsp3) is 0.759. The zero-order valence-corrected chi connectivity index (χ0v) is 23.4. The number of piperidine rings is 1. The minimum Gasteiger partial charge on any atom is -0.357 e. The summed E-state index contributed by atoms with van der Waals surface area (Å²) in [4.78, 5) is 29.2. The van der Waals surface area contributed by atoms with Crippen molar-refractivity contribution in [1.29, 1.82) is 0 Å². The summed E-state index contributed by atoms with van der Waals surface area (Å²) in [5.74, 6) is 2.29. The predicted octanol–water partition coefficient (Wildman–Crippen LogP) is 5.14. The number of rotatable bonds is 16. The summed E-state index contributed by atoms with van der Waals surface area (Å²) in [6, 6.07) is 4.30. The largest absolute Gasteiger partial charge is 0.357 e. The summed E-state index contributed by atoms with van der Waals surface area (Å²) in [5.41, 5.74) is 1.95. The van der Waals surface area contributed by atoms with Crippen LogP contribution in [0.5, 0.6) is 0 Å². The summed E-state index contributed by atoms with van der Waals surface area (Å²) in [6.45, 7) is 13.7. The highest BCUT2D eigenvalue weighted by molar-refractivity contribution is 5.78. The molecule has 1 amide bonds. The van der Waals surface area contributed by atoms with Crippen molar-refractivity contribution >= 4 is 28.8 Å². The number of hydrogen-bond acceptors (Lipinski definition) is 6. The SMILES string of the molecule is CCCCN(CCCC)c1ccc2nc(NCCCN3CCCC3=O)n(CCCN3CCCCC3)c2n1. The van der Waals surface area contributed by atoms with Crippen LogP contribution in [0.3, 0.4) is 0 Å². The van der Waals surface area contributed by atoms with Crippen LogP contribution in [-0.2, 0) is 11.3 Å². The second kappa shape index (κ2) is 14.6. The minimum atomic E-state index is 0.303. The Bertz CT molecular complexity index is 961. The highest BCUT2D eigenvalue weighted by atomic mass is 16.2. The lowest BCUT2D eigenvalue weighted by Gasteiger charge is -2.26. The first-order valence-electron chi connectivity index (χ1n) is 15.1. The number of unbranched alkanes of at least 4 members (excludes halogenated alkanes) is 2. The summed E-state index contributed by atoms with van der Waals surface area (Å²) in [7, 11) is 0. The average Bonchev–Trinajstić information content (AvgIpc) is 3.49. The second-order valence-corrected chi connectivity index (χ2v) is 10.8. The molecule has 1 N–H and O–H groups in total. The molecule has 0 bridgehead atoms. The maximum atomic E-state index is 12.0. The van der Waals surface area contributed by atoms with E-state index in [0.717, 1.165) is 88.0 Å². The van der Waals surface area contributed by atoms with E-state index in [1.165, 1.54) is 58.0 Å². The quantitative estimate of drug-likeness (QED) is 0.315. The number of hydrogen-bond donors (Lipinski definition) is 1. The van der Waals surface area contributed by atoms with Gasteiger partial charge in [0.2, 0.25) is 11.9 Å². The molecule has 0 radical (unpaired) electrons. The Morgan fingerprint density at radius 1 is 0.865 bits per heavy atom. The molecule has 2 aliphatic heterocycles. The van der Waals surface area contributed by atoms with Gasteiger partial charge in [0.1, 0.15) is 11.3 Å². The smallest absolute Gasteiger partial charge is 0.222 e. The van der Waals surface area contributed by atoms with E-state index in [2.05, 4.69) is 45.7 Å². The van der Waals surface area contributed by atoms with E-state index < -0.39 is 0 Å². The first-order valence-corrected chi connectivity index (χ1v) is 15.1. The second-order valence-electron chi connectivity index (χ2n) is 10.8. The van der Waals surface area contributed by atoms with Crippen LogP contribution in [0, 0.1) is 0 Å². The van der Waals surface area contributed by atoms with Crippen molar-refractivity contribution in [1.82, 2.24) is 24.3 Å². The lowest BCUT2D eigenvalue weighted by molar-refractivity contribution is -0.127. The fourth-order valence-electron chi connectivity index (χ4n) is 5.60. The third kappa shape index (κ3) is 7.82. The molecule has 2 aromatic rings. The molecule has 2 aromatic heterocycles. The molecule has 0 aliphatic carbocycles. The van der Waals surface area contributed by atoms with E-state index in [4.69, 9.17) is 9.97 Å². The Kier molecular flexibility index (Phi) is 10.9. The number of likely N-dealkylation sites (tertiary alicyclic amines) is 2.